The Hall–Kier alpha value is -2.83. The lowest BCUT2D eigenvalue weighted by Crippen LogP contribution is -2.02. The van der Waals surface area contributed by atoms with Crippen molar-refractivity contribution < 1.29 is 26.4 Å². The quantitative estimate of drug-likeness (QED) is 0.284. The second-order valence-corrected chi connectivity index (χ2v) is 5.66. The van der Waals surface area contributed by atoms with Gasteiger partial charge in [0.2, 0.25) is 0 Å². The lowest BCUT2D eigenvalue weighted by atomic mass is 10.0. The second-order valence-electron chi connectivity index (χ2n) is 5.66. The topological polar surface area (TPSA) is 20.5 Å². The molecule has 0 fully saturated rings. The zero-order chi connectivity index (χ0) is 19.9. The predicted octanol–water partition coefficient (Wildman–Crippen LogP) is 6.77. The highest BCUT2D eigenvalue weighted by Gasteiger charge is 2.20. The third-order valence-electron chi connectivity index (χ3n) is 3.80. The normalized spacial score (nSPS) is 10.7. The summed E-state index contributed by atoms with van der Waals surface area (Å²) in [6.45, 7) is 2.16. The van der Waals surface area contributed by atoms with Crippen LogP contribution in [0.2, 0.25) is 0 Å². The second kappa shape index (κ2) is 9.21. The fourth-order valence-electron chi connectivity index (χ4n) is 2.42. The maximum Gasteiger partial charge on any atom is 0.673 e. The lowest BCUT2D eigenvalue weighted by molar-refractivity contribution is 0.368. The van der Waals surface area contributed by atoms with Crippen LogP contribution in [0.15, 0.2) is 71.3 Å². The zero-order valence-corrected chi connectivity index (χ0v) is 15.0. The molecular weight excluding hydrogens is 359 g/mol. The van der Waals surface area contributed by atoms with Crippen molar-refractivity contribution >= 4 is 7.25 Å². The van der Waals surface area contributed by atoms with Crippen molar-refractivity contribution in [2.24, 2.45) is 0 Å². The Bertz CT molecular complexity index is 778. The van der Waals surface area contributed by atoms with Gasteiger partial charge in [-0.05, 0) is 47.4 Å². The van der Waals surface area contributed by atoms with Gasteiger partial charge in [0, 0.05) is 6.07 Å². The molecule has 0 saturated carbocycles. The molecule has 3 aromatic rings. The number of hydrogen-bond donors (Lipinski definition) is 0. The van der Waals surface area contributed by atoms with E-state index in [0.29, 0.717) is 0 Å². The smallest absolute Gasteiger partial charge is 0.497 e. The van der Waals surface area contributed by atoms with Crippen LogP contribution in [0.1, 0.15) is 12.5 Å². The van der Waals surface area contributed by atoms with E-state index < -0.39 is 7.25 Å². The minimum atomic E-state index is -6.00. The fourth-order valence-corrected chi connectivity index (χ4v) is 2.42. The molecule has 0 aliphatic carbocycles. The van der Waals surface area contributed by atoms with E-state index >= 15 is 0 Å². The van der Waals surface area contributed by atoms with Crippen molar-refractivity contribution in [1.82, 2.24) is 0 Å². The Morgan fingerprint density at radius 3 is 1.89 bits per heavy atom. The summed E-state index contributed by atoms with van der Waals surface area (Å²) in [6, 6.07) is 20.6. The van der Waals surface area contributed by atoms with Gasteiger partial charge in [-0.15, -0.1) is 0 Å². The van der Waals surface area contributed by atoms with Gasteiger partial charge in [-0.25, -0.2) is 4.42 Å². The highest BCUT2D eigenvalue weighted by atomic mass is 19.5. The summed E-state index contributed by atoms with van der Waals surface area (Å²) in [6.07, 6.45) is 2.78. The SMILES string of the molecule is CCc1ccc(-c2cc(-c3ccc(OC)cc3)cc[o+]2)cc1.F[B-](F)(F)F. The van der Waals surface area contributed by atoms with Crippen LogP contribution >= 0.6 is 0 Å². The molecule has 0 amide bonds. The van der Waals surface area contributed by atoms with Crippen LogP contribution in [0.5, 0.6) is 5.75 Å². The first-order valence-electron chi connectivity index (χ1n) is 8.33. The Morgan fingerprint density at radius 1 is 0.815 bits per heavy atom. The van der Waals surface area contributed by atoms with Crippen molar-refractivity contribution in [2.45, 2.75) is 13.3 Å². The molecule has 0 unspecified atom stereocenters. The Morgan fingerprint density at radius 2 is 1.37 bits per heavy atom. The van der Waals surface area contributed by atoms with E-state index in [4.69, 9.17) is 9.15 Å². The molecule has 7 heteroatoms. The third-order valence-corrected chi connectivity index (χ3v) is 3.80. The Kier molecular flexibility index (Phi) is 6.99. The van der Waals surface area contributed by atoms with Crippen molar-refractivity contribution in [3.63, 3.8) is 0 Å². The highest BCUT2D eigenvalue weighted by Crippen LogP contribution is 2.27. The first-order chi connectivity index (χ1) is 12.8. The molecule has 0 bridgehead atoms. The number of benzene rings is 2. The monoisotopic (exact) mass is 378 g/mol. The van der Waals surface area contributed by atoms with Gasteiger partial charge in [0.25, 0.3) is 0 Å². The molecule has 2 aromatic carbocycles. The largest absolute Gasteiger partial charge is 0.673 e. The Balaban J connectivity index is 0.000000465. The zero-order valence-electron chi connectivity index (χ0n) is 15.0. The number of ether oxygens (including phenoxy) is 1. The molecule has 3 rings (SSSR count). The van der Waals surface area contributed by atoms with Crippen LogP contribution in [-0.2, 0) is 6.42 Å². The summed E-state index contributed by atoms with van der Waals surface area (Å²) in [5, 5.41) is 0. The molecule has 0 radical (unpaired) electrons. The molecule has 1 aromatic heterocycles. The van der Waals surface area contributed by atoms with Gasteiger partial charge in [0.15, 0.2) is 0 Å². The van der Waals surface area contributed by atoms with Crippen molar-refractivity contribution in [2.75, 3.05) is 7.11 Å². The summed E-state index contributed by atoms with van der Waals surface area (Å²) in [5.41, 5.74) is 4.69. The lowest BCUT2D eigenvalue weighted by Gasteiger charge is -2.02. The van der Waals surface area contributed by atoms with Crippen LogP contribution in [-0.4, -0.2) is 14.4 Å². The molecular formula is C20H19BF4O2. The minimum Gasteiger partial charge on any atom is -0.497 e. The molecule has 0 N–H and O–H groups in total. The molecule has 27 heavy (non-hydrogen) atoms. The van der Waals surface area contributed by atoms with E-state index in [1.165, 1.54) is 5.56 Å². The average molecular weight is 378 g/mol. The number of halogens is 4. The summed E-state index contributed by atoms with van der Waals surface area (Å²) in [7, 11) is -4.32. The van der Waals surface area contributed by atoms with Gasteiger partial charge in [-0.2, -0.15) is 0 Å². The van der Waals surface area contributed by atoms with E-state index in [-0.39, 0.29) is 0 Å². The van der Waals surface area contributed by atoms with Crippen molar-refractivity contribution in [3.8, 4) is 28.2 Å². The van der Waals surface area contributed by atoms with E-state index in [9.17, 15) is 17.3 Å². The Labute approximate surface area is 155 Å². The van der Waals surface area contributed by atoms with Crippen LogP contribution in [0, 0.1) is 0 Å². The molecule has 0 saturated heterocycles. The van der Waals surface area contributed by atoms with Gasteiger partial charge < -0.3 is 22.0 Å². The summed E-state index contributed by atoms with van der Waals surface area (Å²) in [4.78, 5) is 0. The number of hydrogen-bond acceptors (Lipinski definition) is 1. The molecule has 0 aliphatic heterocycles. The van der Waals surface area contributed by atoms with E-state index in [0.717, 1.165) is 34.6 Å². The van der Waals surface area contributed by atoms with Crippen LogP contribution < -0.4 is 4.74 Å². The number of aryl methyl sites for hydroxylation is 1. The van der Waals surface area contributed by atoms with Crippen LogP contribution in [0.25, 0.3) is 22.5 Å². The van der Waals surface area contributed by atoms with Crippen LogP contribution in [0.4, 0.5) is 17.3 Å². The predicted molar refractivity (Wildman–Crippen MR) is 100 cm³/mol. The maximum absolute atomic E-state index is 9.75. The summed E-state index contributed by atoms with van der Waals surface area (Å²) < 4.78 is 49.9. The minimum absolute atomic E-state index is 0.861. The van der Waals surface area contributed by atoms with Gasteiger partial charge in [0.05, 0.1) is 18.7 Å². The fraction of sp³-hybridized carbons (Fsp3) is 0.150. The third kappa shape index (κ3) is 6.77. The molecule has 0 spiro atoms. The first kappa shape index (κ1) is 20.5. The first-order valence-corrected chi connectivity index (χ1v) is 8.33. The van der Waals surface area contributed by atoms with Gasteiger partial charge in [0.1, 0.15) is 5.75 Å². The molecule has 0 aliphatic rings. The number of rotatable bonds is 4. The van der Waals surface area contributed by atoms with E-state index in [1.54, 1.807) is 13.4 Å². The molecule has 1 heterocycles. The maximum atomic E-state index is 9.75. The number of methoxy groups -OCH3 is 1. The molecule has 142 valence electrons. The highest BCUT2D eigenvalue weighted by molar-refractivity contribution is 6.50. The van der Waals surface area contributed by atoms with Crippen molar-refractivity contribution in [3.05, 3.63) is 72.5 Å². The molecule has 2 nitrogen and oxygen atoms in total. The standard InChI is InChI=1S/C20H19O2.BF4/c1-3-15-4-6-17(7-5-15)20-14-18(12-13-22-20)16-8-10-19(21-2)11-9-16;2-1(3,4)5/h4-14H,3H2,1-2H3;/q+1;-1. The van der Waals surface area contributed by atoms with Gasteiger partial charge in [-0.1, -0.05) is 31.2 Å². The van der Waals surface area contributed by atoms with Gasteiger partial charge >= 0.3 is 19.3 Å². The van der Waals surface area contributed by atoms with Crippen molar-refractivity contribution in [1.29, 1.82) is 0 Å². The summed E-state index contributed by atoms with van der Waals surface area (Å²) >= 11 is 0. The molecule has 0 atom stereocenters. The average Bonchev–Trinajstić information content (AvgIpc) is 2.67. The van der Waals surface area contributed by atoms with E-state index in [2.05, 4.69) is 49.4 Å². The van der Waals surface area contributed by atoms with E-state index in [1.807, 2.05) is 18.2 Å². The van der Waals surface area contributed by atoms with Crippen LogP contribution in [0.3, 0.4) is 0 Å². The van der Waals surface area contributed by atoms with Gasteiger partial charge in [-0.3, -0.25) is 0 Å². The summed E-state index contributed by atoms with van der Waals surface area (Å²) in [5.74, 6) is 1.73.